The van der Waals surface area contributed by atoms with Crippen molar-refractivity contribution in [3.05, 3.63) is 0 Å². The number of hydrogen-bond donors (Lipinski definition) is 2. The van der Waals surface area contributed by atoms with Gasteiger partial charge in [0.1, 0.15) is 0 Å². The van der Waals surface area contributed by atoms with Crippen LogP contribution in [0.25, 0.3) is 0 Å². The average molecular weight is 116 g/mol. The zero-order valence-electron chi connectivity index (χ0n) is 5.00. The van der Waals surface area contributed by atoms with Gasteiger partial charge in [-0.25, -0.2) is 0 Å². The van der Waals surface area contributed by atoms with E-state index in [9.17, 15) is 0 Å². The van der Waals surface area contributed by atoms with E-state index in [2.05, 4.69) is 0 Å². The first-order valence-electron chi connectivity index (χ1n) is 2.84. The lowest BCUT2D eigenvalue weighted by Gasteiger charge is -2.09. The first-order valence-corrected chi connectivity index (χ1v) is 2.84. The van der Waals surface area contributed by atoms with Crippen LogP contribution in [0.15, 0.2) is 0 Å². The van der Waals surface area contributed by atoms with Crippen LogP contribution in [0, 0.1) is 0 Å². The van der Waals surface area contributed by atoms with Crippen LogP contribution in [-0.2, 0) is 4.74 Å². The molecule has 8 heavy (non-hydrogen) atoms. The molecule has 3 atom stereocenters. The normalized spacial score (nSPS) is 47.6. The van der Waals surface area contributed by atoms with Gasteiger partial charge in [-0.3, -0.25) is 0 Å². The van der Waals surface area contributed by atoms with Crippen LogP contribution in [0.1, 0.15) is 6.92 Å². The molecular weight excluding hydrogens is 104 g/mol. The molecule has 1 rings (SSSR count). The van der Waals surface area contributed by atoms with Gasteiger partial charge in [0.2, 0.25) is 0 Å². The molecule has 1 saturated heterocycles. The monoisotopic (exact) mass is 116 g/mol. The fraction of sp³-hybridized carbons (Fsp3) is 1.00. The summed E-state index contributed by atoms with van der Waals surface area (Å²) in [6.45, 7) is 2.56. The van der Waals surface area contributed by atoms with Crippen LogP contribution in [0.5, 0.6) is 0 Å². The maximum Gasteiger partial charge on any atom is 0.0714 e. The first-order chi connectivity index (χ1) is 3.72. The van der Waals surface area contributed by atoms with Gasteiger partial charge in [0.25, 0.3) is 0 Å². The minimum absolute atomic E-state index is 0.0370. The maximum atomic E-state index is 5.57. The van der Waals surface area contributed by atoms with E-state index in [1.54, 1.807) is 0 Å². The van der Waals surface area contributed by atoms with Crippen molar-refractivity contribution in [3.63, 3.8) is 0 Å². The quantitative estimate of drug-likeness (QED) is 0.429. The number of rotatable bonds is 0. The van der Waals surface area contributed by atoms with Gasteiger partial charge in [-0.2, -0.15) is 0 Å². The van der Waals surface area contributed by atoms with Crippen molar-refractivity contribution in [2.75, 3.05) is 6.61 Å². The Morgan fingerprint density at radius 1 is 1.50 bits per heavy atom. The molecule has 48 valence electrons. The van der Waals surface area contributed by atoms with Crippen LogP contribution in [-0.4, -0.2) is 24.8 Å². The third-order valence-corrected chi connectivity index (χ3v) is 1.59. The lowest BCUT2D eigenvalue weighted by Crippen LogP contribution is -2.42. The molecule has 0 spiro atoms. The highest BCUT2D eigenvalue weighted by Crippen LogP contribution is 2.08. The van der Waals surface area contributed by atoms with Crippen molar-refractivity contribution in [2.24, 2.45) is 11.5 Å². The molecule has 0 radical (unpaired) electrons. The molecule has 0 saturated carbocycles. The third-order valence-electron chi connectivity index (χ3n) is 1.59. The first kappa shape index (κ1) is 6.01. The van der Waals surface area contributed by atoms with Gasteiger partial charge in [0.15, 0.2) is 0 Å². The van der Waals surface area contributed by atoms with E-state index in [1.165, 1.54) is 0 Å². The lowest BCUT2D eigenvalue weighted by atomic mass is 10.1. The Labute approximate surface area is 49.0 Å². The van der Waals surface area contributed by atoms with Crippen molar-refractivity contribution >= 4 is 0 Å². The SMILES string of the molecule is CC1OC[C@@H](N)[C@H]1N. The van der Waals surface area contributed by atoms with Gasteiger partial charge in [-0.1, -0.05) is 0 Å². The molecule has 0 amide bonds. The molecule has 0 bridgehead atoms. The van der Waals surface area contributed by atoms with Gasteiger partial charge < -0.3 is 16.2 Å². The molecule has 1 aliphatic rings. The van der Waals surface area contributed by atoms with Gasteiger partial charge in [-0.05, 0) is 6.92 Å². The molecule has 0 aromatic carbocycles. The second-order valence-electron chi connectivity index (χ2n) is 2.28. The summed E-state index contributed by atoms with van der Waals surface area (Å²) in [5.41, 5.74) is 11.1. The second-order valence-corrected chi connectivity index (χ2v) is 2.28. The number of hydrogen-bond acceptors (Lipinski definition) is 3. The molecule has 0 aliphatic carbocycles. The van der Waals surface area contributed by atoms with Gasteiger partial charge >= 0.3 is 0 Å². The molecule has 0 aromatic rings. The molecule has 1 unspecified atom stereocenters. The van der Waals surface area contributed by atoms with E-state index in [4.69, 9.17) is 16.2 Å². The number of ether oxygens (including phenoxy) is 1. The Hall–Kier alpha value is -0.120. The summed E-state index contributed by atoms with van der Waals surface area (Å²) in [4.78, 5) is 0. The second kappa shape index (κ2) is 2.01. The Balaban J connectivity index is 2.44. The molecule has 1 heterocycles. The Kier molecular flexibility index (Phi) is 1.51. The predicted octanol–water partition coefficient (Wildman–Crippen LogP) is -0.940. The topological polar surface area (TPSA) is 61.3 Å². The van der Waals surface area contributed by atoms with Crippen LogP contribution >= 0.6 is 0 Å². The molecule has 3 heteroatoms. The Morgan fingerprint density at radius 3 is 2.25 bits per heavy atom. The Bertz CT molecular complexity index is 76.5. The summed E-state index contributed by atoms with van der Waals surface area (Å²) in [5, 5.41) is 0. The maximum absolute atomic E-state index is 5.57. The van der Waals surface area contributed by atoms with E-state index >= 15 is 0 Å². The minimum Gasteiger partial charge on any atom is -0.375 e. The third kappa shape index (κ3) is 0.844. The Morgan fingerprint density at radius 2 is 2.12 bits per heavy atom. The van der Waals surface area contributed by atoms with E-state index < -0.39 is 0 Å². The van der Waals surface area contributed by atoms with Crippen molar-refractivity contribution in [2.45, 2.75) is 25.1 Å². The van der Waals surface area contributed by atoms with Gasteiger partial charge in [0.05, 0.1) is 12.7 Å². The van der Waals surface area contributed by atoms with E-state index in [-0.39, 0.29) is 18.2 Å². The fourth-order valence-corrected chi connectivity index (χ4v) is 0.833. The van der Waals surface area contributed by atoms with E-state index in [0.29, 0.717) is 6.61 Å². The summed E-state index contributed by atoms with van der Waals surface area (Å²) in [5.74, 6) is 0. The summed E-state index contributed by atoms with van der Waals surface area (Å²) in [7, 11) is 0. The van der Waals surface area contributed by atoms with Crippen LogP contribution < -0.4 is 11.5 Å². The van der Waals surface area contributed by atoms with E-state index in [1.807, 2.05) is 6.92 Å². The molecule has 0 aromatic heterocycles. The predicted molar refractivity (Wildman–Crippen MR) is 31.4 cm³/mol. The largest absolute Gasteiger partial charge is 0.375 e. The lowest BCUT2D eigenvalue weighted by molar-refractivity contribution is 0.118. The standard InChI is InChI=1S/C5H12N2O/c1-3-5(7)4(6)2-8-3/h3-5H,2,6-7H2,1H3/t3?,4-,5+/m1/s1. The summed E-state index contributed by atoms with van der Waals surface area (Å²) >= 11 is 0. The van der Waals surface area contributed by atoms with Crippen LogP contribution in [0.3, 0.4) is 0 Å². The highest BCUT2D eigenvalue weighted by molar-refractivity contribution is 4.86. The van der Waals surface area contributed by atoms with E-state index in [0.717, 1.165) is 0 Å². The molecule has 4 N–H and O–H groups in total. The fourth-order valence-electron chi connectivity index (χ4n) is 0.833. The number of nitrogens with two attached hydrogens (primary N) is 2. The minimum atomic E-state index is 0.0370. The van der Waals surface area contributed by atoms with Crippen molar-refractivity contribution in [3.8, 4) is 0 Å². The summed E-state index contributed by atoms with van der Waals surface area (Å²) < 4.78 is 5.13. The average Bonchev–Trinajstić information content (AvgIpc) is 1.98. The molecule has 1 aliphatic heterocycles. The molecular formula is C5H12N2O. The van der Waals surface area contributed by atoms with Crippen molar-refractivity contribution in [1.82, 2.24) is 0 Å². The van der Waals surface area contributed by atoms with Crippen molar-refractivity contribution < 1.29 is 4.74 Å². The van der Waals surface area contributed by atoms with Crippen LogP contribution in [0.2, 0.25) is 0 Å². The summed E-state index contributed by atoms with van der Waals surface area (Å²) in [6.07, 6.45) is 0.144. The summed E-state index contributed by atoms with van der Waals surface area (Å²) in [6, 6.07) is 0.0833. The zero-order valence-corrected chi connectivity index (χ0v) is 5.00. The van der Waals surface area contributed by atoms with Crippen LogP contribution in [0.4, 0.5) is 0 Å². The highest BCUT2D eigenvalue weighted by atomic mass is 16.5. The smallest absolute Gasteiger partial charge is 0.0714 e. The highest BCUT2D eigenvalue weighted by Gasteiger charge is 2.27. The van der Waals surface area contributed by atoms with Gasteiger partial charge in [0, 0.05) is 12.1 Å². The zero-order chi connectivity index (χ0) is 6.15. The molecule has 3 nitrogen and oxygen atoms in total. The van der Waals surface area contributed by atoms with Gasteiger partial charge in [-0.15, -0.1) is 0 Å². The van der Waals surface area contributed by atoms with Crippen molar-refractivity contribution in [1.29, 1.82) is 0 Å². The molecule has 1 fully saturated rings.